The van der Waals surface area contributed by atoms with E-state index in [0.717, 1.165) is 6.07 Å². The quantitative estimate of drug-likeness (QED) is 0.127. The number of rotatable bonds is 7. The van der Waals surface area contributed by atoms with E-state index >= 15 is 0 Å². The number of halogens is 2. The number of benzene rings is 3. The maximum Gasteiger partial charge on any atom is 0.343 e. The van der Waals surface area contributed by atoms with E-state index in [9.17, 15) is 25.0 Å². The molecule has 0 unspecified atom stereocenters. The van der Waals surface area contributed by atoms with Gasteiger partial charge in [0.15, 0.2) is 11.5 Å². The molecule has 9 nitrogen and oxygen atoms in total. The average Bonchev–Trinajstić information content (AvgIpc) is 2.79. The van der Waals surface area contributed by atoms with Crippen molar-refractivity contribution in [2.45, 2.75) is 0 Å². The number of carbonyl (C=O) groups is 1. The number of ether oxygens (including phenoxy) is 2. The Morgan fingerprint density at radius 3 is 2.27 bits per heavy atom. The Morgan fingerprint density at radius 2 is 1.64 bits per heavy atom. The number of carbonyl (C=O) groups excluding carboxylic acids is 1. The molecule has 0 fully saturated rings. The highest BCUT2D eigenvalue weighted by Gasteiger charge is 2.18. The van der Waals surface area contributed by atoms with Crippen LogP contribution in [0.4, 0.5) is 11.4 Å². The SMILES string of the molecule is COc1cc(/C=C/c2ccc([N+](=O)[O-])cc2[N+](=O)[O-])ccc1OC(=O)c1ccc(Cl)c(Cl)c1. The van der Waals surface area contributed by atoms with Gasteiger partial charge in [0.25, 0.3) is 11.4 Å². The molecular weight excluding hydrogens is 475 g/mol. The van der Waals surface area contributed by atoms with Crippen LogP contribution in [0.3, 0.4) is 0 Å². The van der Waals surface area contributed by atoms with E-state index in [-0.39, 0.29) is 33.3 Å². The lowest BCUT2D eigenvalue weighted by Gasteiger charge is -2.10. The first-order valence-electron chi connectivity index (χ1n) is 9.16. The predicted molar refractivity (Wildman–Crippen MR) is 123 cm³/mol. The minimum absolute atomic E-state index is 0.145. The molecule has 0 atom stereocenters. The third-order valence-electron chi connectivity index (χ3n) is 4.42. The van der Waals surface area contributed by atoms with Crippen molar-refractivity contribution in [3.05, 3.63) is 102 Å². The maximum atomic E-state index is 12.4. The number of methoxy groups -OCH3 is 1. The zero-order valence-corrected chi connectivity index (χ0v) is 18.4. The summed E-state index contributed by atoms with van der Waals surface area (Å²) in [7, 11) is 1.39. The third-order valence-corrected chi connectivity index (χ3v) is 5.16. The molecule has 0 radical (unpaired) electrons. The largest absolute Gasteiger partial charge is 0.493 e. The second kappa shape index (κ2) is 10.1. The Bertz CT molecular complexity index is 1290. The minimum atomic E-state index is -0.705. The van der Waals surface area contributed by atoms with Crippen LogP contribution in [0.1, 0.15) is 21.5 Å². The molecule has 0 saturated heterocycles. The van der Waals surface area contributed by atoms with Gasteiger partial charge >= 0.3 is 5.97 Å². The Balaban J connectivity index is 1.84. The molecule has 0 spiro atoms. The van der Waals surface area contributed by atoms with Crippen molar-refractivity contribution in [3.8, 4) is 11.5 Å². The number of non-ortho nitro benzene ring substituents is 1. The fourth-order valence-electron chi connectivity index (χ4n) is 2.78. The Kier molecular flexibility index (Phi) is 7.27. The Hall–Kier alpha value is -3.95. The molecule has 3 aromatic rings. The highest BCUT2D eigenvalue weighted by atomic mass is 35.5. The average molecular weight is 489 g/mol. The van der Waals surface area contributed by atoms with Crippen molar-refractivity contribution in [1.29, 1.82) is 0 Å². The topological polar surface area (TPSA) is 122 Å². The molecule has 0 amide bonds. The van der Waals surface area contributed by atoms with Gasteiger partial charge in [-0.05, 0) is 48.0 Å². The van der Waals surface area contributed by atoms with Crippen LogP contribution in [-0.2, 0) is 0 Å². The van der Waals surface area contributed by atoms with E-state index in [1.165, 1.54) is 49.6 Å². The van der Waals surface area contributed by atoms with Crippen LogP contribution in [0, 0.1) is 20.2 Å². The van der Waals surface area contributed by atoms with Gasteiger partial charge in [-0.2, -0.15) is 0 Å². The molecule has 0 aliphatic rings. The number of nitro benzene ring substituents is 2. The first-order valence-corrected chi connectivity index (χ1v) is 9.91. The molecule has 3 rings (SSSR count). The summed E-state index contributed by atoms with van der Waals surface area (Å²) >= 11 is 11.8. The van der Waals surface area contributed by atoms with E-state index in [1.54, 1.807) is 18.2 Å². The molecule has 0 aliphatic carbocycles. The Labute approximate surface area is 197 Å². The van der Waals surface area contributed by atoms with Gasteiger partial charge in [0.1, 0.15) is 0 Å². The van der Waals surface area contributed by atoms with Gasteiger partial charge in [0.05, 0.1) is 44.2 Å². The molecule has 0 aliphatic heterocycles. The van der Waals surface area contributed by atoms with Crippen molar-refractivity contribution < 1.29 is 24.1 Å². The molecule has 0 heterocycles. The van der Waals surface area contributed by atoms with Crippen molar-refractivity contribution in [3.63, 3.8) is 0 Å². The van der Waals surface area contributed by atoms with Gasteiger partial charge in [0, 0.05) is 6.07 Å². The number of esters is 1. The Morgan fingerprint density at radius 1 is 0.879 bits per heavy atom. The lowest BCUT2D eigenvalue weighted by atomic mass is 10.1. The van der Waals surface area contributed by atoms with Crippen molar-refractivity contribution >= 4 is 52.7 Å². The zero-order chi connectivity index (χ0) is 24.1. The number of hydrogen-bond acceptors (Lipinski definition) is 7. The molecule has 168 valence electrons. The summed E-state index contributed by atoms with van der Waals surface area (Å²) in [5, 5.41) is 22.7. The van der Waals surface area contributed by atoms with Crippen LogP contribution < -0.4 is 9.47 Å². The van der Waals surface area contributed by atoms with Gasteiger partial charge < -0.3 is 9.47 Å². The van der Waals surface area contributed by atoms with E-state index < -0.39 is 21.5 Å². The first kappa shape index (κ1) is 23.7. The lowest BCUT2D eigenvalue weighted by molar-refractivity contribution is -0.394. The maximum absolute atomic E-state index is 12.4. The van der Waals surface area contributed by atoms with E-state index in [2.05, 4.69) is 0 Å². The van der Waals surface area contributed by atoms with Crippen molar-refractivity contribution in [1.82, 2.24) is 0 Å². The summed E-state index contributed by atoms with van der Waals surface area (Å²) in [6.07, 6.45) is 3.00. The van der Waals surface area contributed by atoms with Crippen molar-refractivity contribution in [2.75, 3.05) is 7.11 Å². The van der Waals surface area contributed by atoms with E-state index in [0.29, 0.717) is 10.6 Å². The second-order valence-electron chi connectivity index (χ2n) is 6.52. The van der Waals surface area contributed by atoms with Gasteiger partial charge in [-0.25, -0.2) is 4.79 Å². The fraction of sp³-hybridized carbons (Fsp3) is 0.0455. The normalized spacial score (nSPS) is 10.8. The third kappa shape index (κ3) is 5.65. The predicted octanol–water partition coefficient (Wildman–Crippen LogP) is 6.21. The van der Waals surface area contributed by atoms with Gasteiger partial charge in [-0.1, -0.05) is 35.3 Å². The van der Waals surface area contributed by atoms with Crippen LogP contribution in [0.25, 0.3) is 12.2 Å². The molecule has 0 saturated carbocycles. The van der Waals surface area contributed by atoms with Crippen LogP contribution in [0.5, 0.6) is 11.5 Å². The summed E-state index contributed by atoms with van der Waals surface area (Å²) < 4.78 is 10.7. The highest BCUT2D eigenvalue weighted by Crippen LogP contribution is 2.31. The number of nitrogens with zero attached hydrogens (tertiary/aromatic N) is 2. The molecule has 0 N–H and O–H groups in total. The lowest BCUT2D eigenvalue weighted by Crippen LogP contribution is -2.09. The number of hydrogen-bond donors (Lipinski definition) is 0. The minimum Gasteiger partial charge on any atom is -0.493 e. The summed E-state index contributed by atoms with van der Waals surface area (Å²) in [6, 6.07) is 12.4. The van der Waals surface area contributed by atoms with Gasteiger partial charge in [-0.3, -0.25) is 20.2 Å². The second-order valence-corrected chi connectivity index (χ2v) is 7.33. The molecule has 0 aromatic heterocycles. The fourth-order valence-corrected chi connectivity index (χ4v) is 3.08. The highest BCUT2D eigenvalue weighted by molar-refractivity contribution is 6.42. The molecule has 0 bridgehead atoms. The number of nitro groups is 2. The van der Waals surface area contributed by atoms with Gasteiger partial charge in [0.2, 0.25) is 0 Å². The summed E-state index contributed by atoms with van der Waals surface area (Å²) in [4.78, 5) is 33.2. The summed E-state index contributed by atoms with van der Waals surface area (Å²) in [5.41, 5.74) is 0.169. The van der Waals surface area contributed by atoms with Crippen molar-refractivity contribution in [2.24, 2.45) is 0 Å². The van der Waals surface area contributed by atoms with Crippen LogP contribution in [0.2, 0.25) is 10.0 Å². The molecule has 11 heteroatoms. The smallest absolute Gasteiger partial charge is 0.343 e. The first-order chi connectivity index (χ1) is 15.7. The summed E-state index contributed by atoms with van der Waals surface area (Å²) in [6.45, 7) is 0. The van der Waals surface area contributed by atoms with Crippen LogP contribution in [0.15, 0.2) is 54.6 Å². The molecule has 3 aromatic carbocycles. The van der Waals surface area contributed by atoms with Crippen LogP contribution in [-0.4, -0.2) is 22.9 Å². The zero-order valence-electron chi connectivity index (χ0n) is 16.9. The molecular formula is C22H14Cl2N2O7. The van der Waals surface area contributed by atoms with Crippen LogP contribution >= 0.6 is 23.2 Å². The van der Waals surface area contributed by atoms with E-state index in [1.807, 2.05) is 0 Å². The van der Waals surface area contributed by atoms with Gasteiger partial charge in [-0.15, -0.1) is 0 Å². The molecule has 33 heavy (non-hydrogen) atoms. The monoisotopic (exact) mass is 488 g/mol. The standard InChI is InChI=1S/C22H14Cl2N2O7/c1-32-21-10-13(2-4-14-5-7-16(25(28)29)12-19(14)26(30)31)3-9-20(21)33-22(27)15-6-8-17(23)18(24)11-15/h2-12H,1H3/b4-2+. The summed E-state index contributed by atoms with van der Waals surface area (Å²) in [5.74, 6) is -0.285. The van der Waals surface area contributed by atoms with E-state index in [4.69, 9.17) is 32.7 Å².